The largest absolute Gasteiger partial charge is 0.481 e. The highest BCUT2D eigenvalue weighted by atomic mass is 16.4. The Balaban J connectivity index is 2.23. The van der Waals surface area contributed by atoms with Crippen LogP contribution >= 0.6 is 0 Å². The monoisotopic (exact) mass is 233 g/mol. The number of carboxylic acid groups (broad SMARTS) is 1. The molecule has 90 valence electrons. The van der Waals surface area contributed by atoms with E-state index in [1.165, 1.54) is 0 Å². The van der Waals surface area contributed by atoms with Crippen molar-refractivity contribution in [1.29, 1.82) is 0 Å². The number of carbonyl (C=O) groups is 2. The van der Waals surface area contributed by atoms with E-state index in [0.717, 1.165) is 11.1 Å². The van der Waals surface area contributed by atoms with Gasteiger partial charge in [0.15, 0.2) is 0 Å². The highest BCUT2D eigenvalue weighted by Crippen LogP contribution is 2.32. The number of carboxylic acids is 1. The fourth-order valence-electron chi connectivity index (χ4n) is 2.34. The van der Waals surface area contributed by atoms with Crippen molar-refractivity contribution in [3.05, 3.63) is 35.4 Å². The summed E-state index contributed by atoms with van der Waals surface area (Å²) in [6.45, 7) is 1.98. The summed E-state index contributed by atoms with van der Waals surface area (Å²) in [4.78, 5) is 22.2. The van der Waals surface area contributed by atoms with Gasteiger partial charge in [0.05, 0.1) is 12.5 Å². The van der Waals surface area contributed by atoms with Crippen molar-refractivity contribution in [2.45, 2.75) is 25.8 Å². The van der Waals surface area contributed by atoms with Crippen molar-refractivity contribution in [2.75, 3.05) is 0 Å². The molecule has 1 aromatic carbocycles. The lowest BCUT2D eigenvalue weighted by Gasteiger charge is -2.18. The van der Waals surface area contributed by atoms with Crippen LogP contribution in [-0.2, 0) is 9.59 Å². The molecule has 1 aromatic rings. The van der Waals surface area contributed by atoms with E-state index in [9.17, 15) is 9.59 Å². The predicted octanol–water partition coefficient (Wildman–Crippen LogP) is 1.65. The van der Waals surface area contributed by atoms with Crippen LogP contribution in [0.5, 0.6) is 0 Å². The number of hydrogen-bond acceptors (Lipinski definition) is 2. The third kappa shape index (κ3) is 2.64. The van der Waals surface area contributed by atoms with Gasteiger partial charge in [0.25, 0.3) is 0 Å². The van der Waals surface area contributed by atoms with Gasteiger partial charge in [-0.15, -0.1) is 0 Å². The highest BCUT2D eigenvalue weighted by Gasteiger charge is 2.34. The standard InChI is InChI=1S/C13H15NO3/c1-8-3-2-4-9(5-8)13-10(7-12(16)17)6-11(15)14-13/h2-5,10,13H,6-7H2,1H3,(H,14,15)(H,16,17)/t10-,13-/m1/s1. The third-order valence-corrected chi connectivity index (χ3v) is 3.07. The minimum absolute atomic E-state index is 0.0251. The van der Waals surface area contributed by atoms with Crippen LogP contribution < -0.4 is 5.32 Å². The Morgan fingerprint density at radius 3 is 2.94 bits per heavy atom. The van der Waals surface area contributed by atoms with Gasteiger partial charge in [-0.1, -0.05) is 29.8 Å². The van der Waals surface area contributed by atoms with Crippen LogP contribution in [0.1, 0.15) is 30.0 Å². The van der Waals surface area contributed by atoms with Crippen molar-refractivity contribution >= 4 is 11.9 Å². The van der Waals surface area contributed by atoms with E-state index in [2.05, 4.69) is 5.32 Å². The topological polar surface area (TPSA) is 66.4 Å². The van der Waals surface area contributed by atoms with E-state index in [-0.39, 0.29) is 24.3 Å². The summed E-state index contributed by atoms with van der Waals surface area (Å²) < 4.78 is 0. The van der Waals surface area contributed by atoms with Crippen molar-refractivity contribution in [3.8, 4) is 0 Å². The first-order valence-electron chi connectivity index (χ1n) is 5.64. The highest BCUT2D eigenvalue weighted by molar-refractivity contribution is 5.80. The van der Waals surface area contributed by atoms with Crippen molar-refractivity contribution in [3.63, 3.8) is 0 Å². The Morgan fingerprint density at radius 1 is 1.53 bits per heavy atom. The molecule has 0 saturated carbocycles. The van der Waals surface area contributed by atoms with E-state index >= 15 is 0 Å². The minimum atomic E-state index is -0.857. The van der Waals surface area contributed by atoms with Crippen molar-refractivity contribution < 1.29 is 14.7 Å². The van der Waals surface area contributed by atoms with E-state index in [1.807, 2.05) is 31.2 Å². The Hall–Kier alpha value is -1.84. The summed E-state index contributed by atoms with van der Waals surface area (Å²) in [6.07, 6.45) is 0.322. The lowest BCUT2D eigenvalue weighted by molar-refractivity contribution is -0.138. The number of amides is 1. The molecule has 0 aromatic heterocycles. The van der Waals surface area contributed by atoms with E-state index in [4.69, 9.17) is 5.11 Å². The molecule has 0 bridgehead atoms. The summed E-state index contributed by atoms with van der Waals surface area (Å²) in [5.41, 5.74) is 2.10. The lowest BCUT2D eigenvalue weighted by Crippen LogP contribution is -2.21. The maximum atomic E-state index is 11.4. The first kappa shape index (κ1) is 11.6. The normalized spacial score (nSPS) is 23.5. The van der Waals surface area contributed by atoms with Crippen LogP contribution in [0.2, 0.25) is 0 Å². The summed E-state index contributed by atoms with van der Waals surface area (Å²) in [5.74, 6) is -1.08. The average Bonchev–Trinajstić information content (AvgIpc) is 2.58. The van der Waals surface area contributed by atoms with Crippen LogP contribution in [0.3, 0.4) is 0 Å². The van der Waals surface area contributed by atoms with Gasteiger partial charge in [-0.25, -0.2) is 0 Å². The Bertz CT molecular complexity index is 456. The first-order valence-corrected chi connectivity index (χ1v) is 5.64. The van der Waals surface area contributed by atoms with Gasteiger partial charge in [0, 0.05) is 12.3 Å². The zero-order chi connectivity index (χ0) is 12.4. The molecule has 0 spiro atoms. The molecule has 0 aliphatic carbocycles. The maximum absolute atomic E-state index is 11.4. The quantitative estimate of drug-likeness (QED) is 0.834. The first-order chi connectivity index (χ1) is 8.06. The molecule has 17 heavy (non-hydrogen) atoms. The molecule has 2 atom stereocenters. The number of rotatable bonds is 3. The van der Waals surface area contributed by atoms with Gasteiger partial charge < -0.3 is 10.4 Å². The van der Waals surface area contributed by atoms with Crippen molar-refractivity contribution in [2.24, 2.45) is 5.92 Å². The van der Waals surface area contributed by atoms with Crippen molar-refractivity contribution in [1.82, 2.24) is 5.32 Å². The predicted molar refractivity (Wildman–Crippen MR) is 62.4 cm³/mol. The second-order valence-electron chi connectivity index (χ2n) is 4.52. The number of carbonyl (C=O) groups excluding carboxylic acids is 1. The molecule has 1 aliphatic rings. The Labute approximate surface area is 99.6 Å². The minimum Gasteiger partial charge on any atom is -0.481 e. The SMILES string of the molecule is Cc1cccc([C@H]2NC(=O)C[C@@H]2CC(=O)O)c1. The van der Waals surface area contributed by atoms with Gasteiger partial charge in [-0.3, -0.25) is 9.59 Å². The maximum Gasteiger partial charge on any atom is 0.303 e. The summed E-state index contributed by atoms with van der Waals surface area (Å²) in [7, 11) is 0. The molecule has 0 radical (unpaired) electrons. The molecule has 2 rings (SSSR count). The number of benzene rings is 1. The van der Waals surface area contributed by atoms with Crippen LogP contribution in [0, 0.1) is 12.8 Å². The van der Waals surface area contributed by atoms with Crippen LogP contribution in [0.25, 0.3) is 0 Å². The number of nitrogens with one attached hydrogen (secondary N) is 1. The lowest BCUT2D eigenvalue weighted by atomic mass is 9.91. The van der Waals surface area contributed by atoms with Gasteiger partial charge in [0.2, 0.25) is 5.91 Å². The molecule has 4 nitrogen and oxygen atoms in total. The average molecular weight is 233 g/mol. The number of hydrogen-bond donors (Lipinski definition) is 2. The number of aliphatic carboxylic acids is 1. The van der Waals surface area contributed by atoms with Crippen LogP contribution in [0.4, 0.5) is 0 Å². The van der Waals surface area contributed by atoms with Gasteiger partial charge in [0.1, 0.15) is 0 Å². The molecule has 0 unspecified atom stereocenters. The second kappa shape index (κ2) is 4.57. The molecule has 4 heteroatoms. The fourth-order valence-corrected chi connectivity index (χ4v) is 2.34. The summed E-state index contributed by atoms with van der Waals surface area (Å²) in [5, 5.41) is 11.7. The molecule has 1 saturated heterocycles. The summed E-state index contributed by atoms with van der Waals surface area (Å²) in [6, 6.07) is 7.65. The molecule has 1 amide bonds. The van der Waals surface area contributed by atoms with Gasteiger partial charge >= 0.3 is 5.97 Å². The van der Waals surface area contributed by atoms with Crippen LogP contribution in [-0.4, -0.2) is 17.0 Å². The van der Waals surface area contributed by atoms with Gasteiger partial charge in [-0.2, -0.15) is 0 Å². The van der Waals surface area contributed by atoms with Crippen LogP contribution in [0.15, 0.2) is 24.3 Å². The molecule has 1 fully saturated rings. The zero-order valence-electron chi connectivity index (χ0n) is 9.64. The molecule has 1 heterocycles. The summed E-state index contributed by atoms with van der Waals surface area (Å²) >= 11 is 0. The van der Waals surface area contributed by atoms with E-state index in [1.54, 1.807) is 0 Å². The smallest absolute Gasteiger partial charge is 0.303 e. The molecular weight excluding hydrogens is 218 g/mol. The third-order valence-electron chi connectivity index (χ3n) is 3.07. The zero-order valence-corrected chi connectivity index (χ0v) is 9.64. The second-order valence-corrected chi connectivity index (χ2v) is 4.52. The van der Waals surface area contributed by atoms with E-state index in [0.29, 0.717) is 6.42 Å². The molecule has 1 aliphatic heterocycles. The Morgan fingerprint density at radius 2 is 2.29 bits per heavy atom. The van der Waals surface area contributed by atoms with Gasteiger partial charge in [-0.05, 0) is 12.5 Å². The fraction of sp³-hybridized carbons (Fsp3) is 0.385. The Kier molecular flexibility index (Phi) is 3.13. The molecular formula is C13H15NO3. The number of aryl methyl sites for hydroxylation is 1. The van der Waals surface area contributed by atoms with E-state index < -0.39 is 5.97 Å². The molecule has 2 N–H and O–H groups in total.